The van der Waals surface area contributed by atoms with Crippen molar-refractivity contribution in [2.45, 2.75) is 4.90 Å². The molecule has 1 saturated heterocycles. The molecule has 7 nitrogen and oxygen atoms in total. The minimum Gasteiger partial charge on any atom is -0.378 e. The normalized spacial score (nSPS) is 13.7. The van der Waals surface area contributed by atoms with E-state index >= 15 is 0 Å². The molecule has 0 unspecified atom stereocenters. The van der Waals surface area contributed by atoms with Gasteiger partial charge in [-0.25, -0.2) is 0 Å². The zero-order valence-electron chi connectivity index (χ0n) is 16.7. The fraction of sp³-hybridized carbons (Fsp3) is 0.227. The van der Waals surface area contributed by atoms with E-state index in [-0.39, 0.29) is 5.91 Å². The van der Waals surface area contributed by atoms with Crippen LogP contribution in [-0.4, -0.2) is 48.7 Å². The van der Waals surface area contributed by atoms with Crippen LogP contribution in [0.15, 0.2) is 65.7 Å². The van der Waals surface area contributed by atoms with E-state index in [0.29, 0.717) is 11.4 Å². The van der Waals surface area contributed by atoms with Gasteiger partial charge >= 0.3 is 0 Å². The van der Waals surface area contributed by atoms with Crippen LogP contribution in [-0.2, 0) is 4.74 Å². The van der Waals surface area contributed by atoms with Gasteiger partial charge in [0.1, 0.15) is 0 Å². The van der Waals surface area contributed by atoms with Gasteiger partial charge in [0.05, 0.1) is 25.1 Å². The number of nitrogens with zero attached hydrogens (tertiary/aromatic N) is 3. The van der Waals surface area contributed by atoms with E-state index in [1.54, 1.807) is 18.0 Å². The van der Waals surface area contributed by atoms with Crippen LogP contribution in [0, 0.1) is 0 Å². The van der Waals surface area contributed by atoms with Crippen molar-refractivity contribution in [2.75, 3.05) is 48.1 Å². The Bertz CT molecular complexity index is 989. The van der Waals surface area contributed by atoms with Crippen LogP contribution in [0.25, 0.3) is 0 Å². The van der Waals surface area contributed by atoms with Crippen LogP contribution < -0.4 is 15.5 Å². The molecule has 0 aliphatic carbocycles. The third-order valence-corrected chi connectivity index (χ3v) is 5.53. The number of carbonyl (C=O) groups excluding carboxylic acids is 1. The summed E-state index contributed by atoms with van der Waals surface area (Å²) in [5.74, 6) is 0.539. The molecule has 3 aromatic rings. The molecule has 1 amide bonds. The zero-order valence-corrected chi connectivity index (χ0v) is 17.5. The van der Waals surface area contributed by atoms with Crippen molar-refractivity contribution >= 4 is 40.5 Å². The van der Waals surface area contributed by atoms with Crippen LogP contribution in [0.4, 0.5) is 22.9 Å². The lowest BCUT2D eigenvalue weighted by molar-refractivity contribution is 0.102. The quantitative estimate of drug-likeness (QED) is 0.582. The summed E-state index contributed by atoms with van der Waals surface area (Å²) in [5, 5.41) is 14.4. The molecule has 0 saturated carbocycles. The summed E-state index contributed by atoms with van der Waals surface area (Å²) in [4.78, 5) is 15.8. The molecule has 1 aromatic heterocycles. The first-order valence-corrected chi connectivity index (χ1v) is 10.9. The number of morpholine rings is 1. The van der Waals surface area contributed by atoms with Crippen LogP contribution in [0.2, 0.25) is 0 Å². The van der Waals surface area contributed by atoms with E-state index in [1.807, 2.05) is 60.9 Å². The van der Waals surface area contributed by atoms with Gasteiger partial charge in [0.15, 0.2) is 5.82 Å². The predicted molar refractivity (Wildman–Crippen MR) is 121 cm³/mol. The summed E-state index contributed by atoms with van der Waals surface area (Å²) in [7, 11) is 0. The molecule has 0 spiro atoms. The van der Waals surface area contributed by atoms with Crippen molar-refractivity contribution in [3.63, 3.8) is 0 Å². The van der Waals surface area contributed by atoms with Crippen molar-refractivity contribution < 1.29 is 9.53 Å². The maximum absolute atomic E-state index is 12.4. The van der Waals surface area contributed by atoms with Crippen molar-refractivity contribution in [3.8, 4) is 0 Å². The number of amides is 1. The van der Waals surface area contributed by atoms with E-state index in [1.165, 1.54) is 0 Å². The largest absolute Gasteiger partial charge is 0.378 e. The number of aromatic nitrogens is 2. The highest BCUT2D eigenvalue weighted by atomic mass is 32.2. The van der Waals surface area contributed by atoms with Gasteiger partial charge < -0.3 is 20.3 Å². The van der Waals surface area contributed by atoms with Crippen LogP contribution in [0.3, 0.4) is 0 Å². The molecule has 2 heterocycles. The van der Waals surface area contributed by atoms with Crippen LogP contribution in [0.5, 0.6) is 0 Å². The highest BCUT2D eigenvalue weighted by Crippen LogP contribution is 2.22. The molecule has 1 aliphatic rings. The third kappa shape index (κ3) is 5.08. The number of ether oxygens (including phenoxy) is 1. The topological polar surface area (TPSA) is 79.4 Å². The third-order valence-electron chi connectivity index (χ3n) is 4.78. The maximum Gasteiger partial charge on any atom is 0.255 e. The molecule has 1 fully saturated rings. The number of rotatable bonds is 6. The predicted octanol–water partition coefficient (Wildman–Crippen LogP) is 4.03. The van der Waals surface area contributed by atoms with E-state index in [4.69, 9.17) is 4.74 Å². The van der Waals surface area contributed by atoms with Gasteiger partial charge in [0.2, 0.25) is 0 Å². The minimum absolute atomic E-state index is 0.132. The summed E-state index contributed by atoms with van der Waals surface area (Å²) in [5.41, 5.74) is 3.25. The average Bonchev–Trinajstić information content (AvgIpc) is 2.81. The van der Waals surface area contributed by atoms with Gasteiger partial charge in [-0.3, -0.25) is 4.79 Å². The van der Waals surface area contributed by atoms with Crippen LogP contribution in [0.1, 0.15) is 10.4 Å². The summed E-state index contributed by atoms with van der Waals surface area (Å²) in [6.45, 7) is 3.14. The van der Waals surface area contributed by atoms with Gasteiger partial charge in [0.25, 0.3) is 5.91 Å². The second kappa shape index (κ2) is 9.60. The van der Waals surface area contributed by atoms with Gasteiger partial charge in [-0.2, -0.15) is 5.10 Å². The lowest BCUT2D eigenvalue weighted by Gasteiger charge is -2.28. The van der Waals surface area contributed by atoms with Crippen molar-refractivity contribution in [1.82, 2.24) is 10.2 Å². The van der Waals surface area contributed by atoms with E-state index in [2.05, 4.69) is 25.7 Å². The molecular weight excluding hydrogens is 398 g/mol. The van der Waals surface area contributed by atoms with Crippen molar-refractivity contribution in [3.05, 3.63) is 66.4 Å². The highest BCUT2D eigenvalue weighted by molar-refractivity contribution is 7.98. The Labute approximate surface area is 179 Å². The maximum atomic E-state index is 12.4. The Balaban J connectivity index is 1.38. The lowest BCUT2D eigenvalue weighted by Crippen LogP contribution is -2.36. The van der Waals surface area contributed by atoms with Gasteiger partial charge in [-0.15, -0.1) is 16.9 Å². The fourth-order valence-corrected chi connectivity index (χ4v) is 3.55. The van der Waals surface area contributed by atoms with Crippen molar-refractivity contribution in [1.29, 1.82) is 0 Å². The van der Waals surface area contributed by atoms with E-state index in [0.717, 1.165) is 48.3 Å². The summed E-state index contributed by atoms with van der Waals surface area (Å²) in [6, 6.07) is 17.0. The number of carbonyl (C=O) groups is 1. The number of nitrogens with one attached hydrogen (secondary N) is 2. The standard InChI is InChI=1S/C22H23N5O2S/c1-30-20-8-2-16(3-9-20)22(28)25-18-6-4-17(5-7-18)24-21-14-19(15-23-26-21)27-10-12-29-13-11-27/h2-9,14-15H,10-13H2,1H3,(H,24,26)(H,25,28). The Morgan fingerprint density at radius 3 is 2.43 bits per heavy atom. The number of anilines is 4. The number of hydrogen-bond acceptors (Lipinski definition) is 7. The molecule has 8 heteroatoms. The monoisotopic (exact) mass is 421 g/mol. The Morgan fingerprint density at radius 2 is 1.73 bits per heavy atom. The smallest absolute Gasteiger partial charge is 0.255 e. The molecule has 0 atom stereocenters. The molecule has 2 aromatic carbocycles. The molecular formula is C22H23N5O2S. The zero-order chi connectivity index (χ0) is 20.8. The fourth-order valence-electron chi connectivity index (χ4n) is 3.14. The van der Waals surface area contributed by atoms with Gasteiger partial charge in [0, 0.05) is 41.0 Å². The molecule has 0 radical (unpaired) electrons. The first-order valence-electron chi connectivity index (χ1n) is 9.69. The van der Waals surface area contributed by atoms with Crippen molar-refractivity contribution in [2.24, 2.45) is 0 Å². The molecule has 1 aliphatic heterocycles. The Morgan fingerprint density at radius 1 is 1.03 bits per heavy atom. The average molecular weight is 422 g/mol. The number of hydrogen-bond donors (Lipinski definition) is 2. The first-order chi connectivity index (χ1) is 14.7. The second-order valence-electron chi connectivity index (χ2n) is 6.78. The molecule has 0 bridgehead atoms. The number of thioether (sulfide) groups is 1. The molecule has 2 N–H and O–H groups in total. The van der Waals surface area contributed by atoms with E-state index in [9.17, 15) is 4.79 Å². The Kier molecular flexibility index (Phi) is 6.46. The Hall–Kier alpha value is -3.10. The van der Waals surface area contributed by atoms with Gasteiger partial charge in [-0.1, -0.05) is 0 Å². The summed E-state index contributed by atoms with van der Waals surface area (Å²) >= 11 is 1.65. The molecule has 30 heavy (non-hydrogen) atoms. The van der Waals surface area contributed by atoms with E-state index < -0.39 is 0 Å². The van der Waals surface area contributed by atoms with Crippen LogP contribution >= 0.6 is 11.8 Å². The lowest BCUT2D eigenvalue weighted by atomic mass is 10.2. The SMILES string of the molecule is CSc1ccc(C(=O)Nc2ccc(Nc3cc(N4CCOCC4)cnn3)cc2)cc1. The highest BCUT2D eigenvalue weighted by Gasteiger charge is 2.12. The number of benzene rings is 2. The van der Waals surface area contributed by atoms with Gasteiger partial charge in [-0.05, 0) is 54.8 Å². The molecule has 154 valence electrons. The summed E-state index contributed by atoms with van der Waals surface area (Å²) < 4.78 is 5.40. The summed E-state index contributed by atoms with van der Waals surface area (Å²) in [6.07, 6.45) is 3.77. The molecule has 4 rings (SSSR count). The minimum atomic E-state index is -0.132. The second-order valence-corrected chi connectivity index (χ2v) is 7.66. The first kappa shape index (κ1) is 20.2.